The summed E-state index contributed by atoms with van der Waals surface area (Å²) in [6.45, 7) is 6.55. The third-order valence-electron chi connectivity index (χ3n) is 7.46. The number of allylic oxidation sites excluding steroid dienone is 1. The van der Waals surface area contributed by atoms with E-state index in [0.717, 1.165) is 27.5 Å². The lowest BCUT2D eigenvalue weighted by Crippen LogP contribution is -2.39. The van der Waals surface area contributed by atoms with E-state index in [1.165, 1.54) is 11.3 Å². The van der Waals surface area contributed by atoms with E-state index in [2.05, 4.69) is 29.3 Å². The molecule has 7 nitrogen and oxygen atoms in total. The molecular weight excluding hydrogens is 572 g/mol. The Morgan fingerprint density at radius 2 is 1.68 bits per heavy atom. The summed E-state index contributed by atoms with van der Waals surface area (Å²) in [5.74, 6) is 0.742. The minimum atomic E-state index is -0.641. The molecule has 1 aliphatic rings. The van der Waals surface area contributed by atoms with Crippen LogP contribution in [0.2, 0.25) is 0 Å². The molecule has 0 radical (unpaired) electrons. The highest BCUT2D eigenvalue weighted by molar-refractivity contribution is 7.07. The van der Waals surface area contributed by atoms with Crippen LogP contribution < -0.4 is 24.4 Å². The average molecular weight is 605 g/mol. The van der Waals surface area contributed by atoms with Crippen molar-refractivity contribution < 1.29 is 19.0 Å². The van der Waals surface area contributed by atoms with E-state index in [9.17, 15) is 9.59 Å². The molecule has 0 aliphatic carbocycles. The summed E-state index contributed by atoms with van der Waals surface area (Å²) >= 11 is 1.29. The quantitative estimate of drug-likeness (QED) is 0.195. The van der Waals surface area contributed by atoms with Crippen LogP contribution in [0.25, 0.3) is 16.8 Å². The molecule has 0 saturated carbocycles. The van der Waals surface area contributed by atoms with Crippen LogP contribution in [0.5, 0.6) is 11.5 Å². The van der Waals surface area contributed by atoms with Gasteiger partial charge in [-0.15, -0.1) is 0 Å². The molecule has 0 amide bonds. The SMILES string of the molecule is CCOC(=O)C1=C(C)N=c2s/c(=C/c3ccc(OCc4cccc5ccccc45)c(OCC)c3)c(=O)n2[C@H]1c1ccccc1. The minimum Gasteiger partial charge on any atom is -0.490 e. The second-order valence-corrected chi connectivity index (χ2v) is 11.3. The molecule has 222 valence electrons. The molecule has 0 bridgehead atoms. The maximum atomic E-state index is 13.9. The average Bonchev–Trinajstić information content (AvgIpc) is 3.34. The second-order valence-electron chi connectivity index (χ2n) is 10.3. The molecule has 0 fully saturated rings. The molecular formula is C36H32N2O5S. The monoisotopic (exact) mass is 604 g/mol. The number of carbonyl (C=O) groups excluding carboxylic acids is 1. The Morgan fingerprint density at radius 3 is 2.48 bits per heavy atom. The van der Waals surface area contributed by atoms with Gasteiger partial charge in [0.2, 0.25) is 0 Å². The van der Waals surface area contributed by atoms with Crippen LogP contribution in [-0.4, -0.2) is 23.8 Å². The number of carbonyl (C=O) groups is 1. The zero-order chi connectivity index (χ0) is 30.6. The van der Waals surface area contributed by atoms with Crippen molar-refractivity contribution in [2.45, 2.75) is 33.4 Å². The fraction of sp³-hybridized carbons (Fsp3) is 0.194. The number of rotatable bonds is 9. The van der Waals surface area contributed by atoms with Crippen LogP contribution in [0.3, 0.4) is 0 Å². The summed E-state index contributed by atoms with van der Waals surface area (Å²) < 4.78 is 19.7. The lowest BCUT2D eigenvalue weighted by Gasteiger charge is -2.24. The third-order valence-corrected chi connectivity index (χ3v) is 8.44. The highest BCUT2D eigenvalue weighted by atomic mass is 32.1. The van der Waals surface area contributed by atoms with Crippen LogP contribution in [-0.2, 0) is 16.1 Å². The lowest BCUT2D eigenvalue weighted by atomic mass is 9.96. The molecule has 0 spiro atoms. The van der Waals surface area contributed by atoms with Crippen molar-refractivity contribution in [1.82, 2.24) is 4.57 Å². The molecule has 0 saturated heterocycles. The first-order valence-electron chi connectivity index (χ1n) is 14.6. The predicted molar refractivity (Wildman–Crippen MR) is 173 cm³/mol. The van der Waals surface area contributed by atoms with E-state index < -0.39 is 12.0 Å². The van der Waals surface area contributed by atoms with Gasteiger partial charge in [-0.3, -0.25) is 9.36 Å². The molecule has 44 heavy (non-hydrogen) atoms. The highest BCUT2D eigenvalue weighted by Crippen LogP contribution is 2.32. The Kier molecular flexibility index (Phi) is 8.43. The Morgan fingerprint density at radius 1 is 0.909 bits per heavy atom. The van der Waals surface area contributed by atoms with Gasteiger partial charge in [-0.1, -0.05) is 90.2 Å². The van der Waals surface area contributed by atoms with Gasteiger partial charge in [0, 0.05) is 0 Å². The molecule has 0 N–H and O–H groups in total. The van der Waals surface area contributed by atoms with Crippen molar-refractivity contribution in [1.29, 1.82) is 0 Å². The zero-order valence-electron chi connectivity index (χ0n) is 24.8. The Bertz CT molecular complexity index is 2050. The fourth-order valence-electron chi connectivity index (χ4n) is 5.47. The lowest BCUT2D eigenvalue weighted by molar-refractivity contribution is -0.139. The molecule has 8 heteroatoms. The summed E-state index contributed by atoms with van der Waals surface area (Å²) in [4.78, 5) is 32.2. The Labute approximate surface area is 259 Å². The van der Waals surface area contributed by atoms with Gasteiger partial charge in [0.1, 0.15) is 6.61 Å². The fourth-order valence-corrected chi connectivity index (χ4v) is 6.52. The van der Waals surface area contributed by atoms with Crippen LogP contribution in [0, 0.1) is 0 Å². The van der Waals surface area contributed by atoms with Gasteiger partial charge in [-0.05, 0) is 66.4 Å². The predicted octanol–water partition coefficient (Wildman–Crippen LogP) is 5.93. The number of fused-ring (bicyclic) bond motifs is 2. The summed E-state index contributed by atoms with van der Waals surface area (Å²) in [7, 11) is 0. The van der Waals surface area contributed by atoms with E-state index in [0.29, 0.717) is 45.3 Å². The number of hydrogen-bond acceptors (Lipinski definition) is 7. The number of thiazole rings is 1. The van der Waals surface area contributed by atoms with Crippen LogP contribution in [0.15, 0.2) is 112 Å². The zero-order valence-corrected chi connectivity index (χ0v) is 25.6. The number of nitrogens with zero attached hydrogens (tertiary/aromatic N) is 2. The van der Waals surface area contributed by atoms with Gasteiger partial charge >= 0.3 is 5.97 Å². The normalized spacial score (nSPS) is 14.7. The topological polar surface area (TPSA) is 79.1 Å². The third kappa shape index (κ3) is 5.68. The molecule has 6 rings (SSSR count). The summed E-state index contributed by atoms with van der Waals surface area (Å²) in [6, 6.07) is 28.9. The molecule has 4 aromatic carbocycles. The van der Waals surface area contributed by atoms with E-state index in [-0.39, 0.29) is 12.2 Å². The molecule has 1 atom stereocenters. The largest absolute Gasteiger partial charge is 0.490 e. The van der Waals surface area contributed by atoms with Crippen molar-refractivity contribution >= 4 is 34.2 Å². The Hall–Kier alpha value is -4.95. The van der Waals surface area contributed by atoms with E-state index in [1.54, 1.807) is 18.4 Å². The molecule has 1 aromatic heterocycles. The maximum absolute atomic E-state index is 13.9. The summed E-state index contributed by atoms with van der Waals surface area (Å²) in [6.07, 6.45) is 1.83. The number of esters is 1. The van der Waals surface area contributed by atoms with Gasteiger partial charge in [-0.25, -0.2) is 9.79 Å². The van der Waals surface area contributed by atoms with Gasteiger partial charge in [0.05, 0.1) is 35.1 Å². The number of benzene rings is 4. The summed E-state index contributed by atoms with van der Waals surface area (Å²) in [5, 5.41) is 2.31. The summed E-state index contributed by atoms with van der Waals surface area (Å²) in [5.41, 5.74) is 3.35. The molecule has 1 aliphatic heterocycles. The Balaban J connectivity index is 1.37. The number of aromatic nitrogens is 1. The van der Waals surface area contributed by atoms with Crippen molar-refractivity contribution in [3.05, 3.63) is 139 Å². The first-order chi connectivity index (χ1) is 21.5. The first-order valence-corrected chi connectivity index (χ1v) is 15.4. The molecule has 2 heterocycles. The van der Waals surface area contributed by atoms with Crippen LogP contribution in [0.4, 0.5) is 0 Å². The smallest absolute Gasteiger partial charge is 0.338 e. The second kappa shape index (κ2) is 12.7. The van der Waals surface area contributed by atoms with Gasteiger partial charge in [0.25, 0.3) is 5.56 Å². The van der Waals surface area contributed by atoms with E-state index >= 15 is 0 Å². The minimum absolute atomic E-state index is 0.228. The number of hydrogen-bond donors (Lipinski definition) is 0. The van der Waals surface area contributed by atoms with Crippen molar-refractivity contribution in [2.24, 2.45) is 4.99 Å². The first kappa shape index (κ1) is 29.1. The molecule has 5 aromatic rings. The highest BCUT2D eigenvalue weighted by Gasteiger charge is 2.33. The van der Waals surface area contributed by atoms with Gasteiger partial charge in [-0.2, -0.15) is 0 Å². The van der Waals surface area contributed by atoms with Crippen molar-refractivity contribution in [3.8, 4) is 11.5 Å². The van der Waals surface area contributed by atoms with Gasteiger partial charge < -0.3 is 14.2 Å². The maximum Gasteiger partial charge on any atom is 0.338 e. The van der Waals surface area contributed by atoms with E-state index in [1.807, 2.05) is 79.7 Å². The molecule has 0 unspecified atom stereocenters. The van der Waals surface area contributed by atoms with Crippen LogP contribution >= 0.6 is 11.3 Å². The van der Waals surface area contributed by atoms with Crippen molar-refractivity contribution in [3.63, 3.8) is 0 Å². The van der Waals surface area contributed by atoms with E-state index in [4.69, 9.17) is 14.2 Å². The van der Waals surface area contributed by atoms with Crippen molar-refractivity contribution in [2.75, 3.05) is 13.2 Å². The standard InChI is InChI=1S/C36H32N2O5S/c1-4-41-30-20-24(18-19-29(30)43-22-27-16-11-15-25-12-9-10-17-28(25)27)21-31-34(39)38-33(26-13-7-6-8-14-26)32(35(40)42-5-2)23(3)37-36(38)44-31/h6-21,33H,4-5,22H2,1-3H3/b31-21+/t33-/m0/s1. The number of ether oxygens (including phenoxy) is 3. The van der Waals surface area contributed by atoms with Gasteiger partial charge in [0.15, 0.2) is 16.3 Å². The van der Waals surface area contributed by atoms with Crippen LogP contribution in [0.1, 0.15) is 43.5 Å².